The summed E-state index contributed by atoms with van der Waals surface area (Å²) in [5.74, 6) is -1.02. The van der Waals surface area contributed by atoms with Crippen molar-refractivity contribution in [1.82, 2.24) is 5.32 Å². The summed E-state index contributed by atoms with van der Waals surface area (Å²) in [5.41, 5.74) is 4.22. The lowest BCUT2D eigenvalue weighted by Crippen LogP contribution is -2.49. The first kappa shape index (κ1) is 14.4. The second kappa shape index (κ2) is 5.48. The monoisotopic (exact) mass is 229 g/mol. The van der Waals surface area contributed by atoms with Crippen molar-refractivity contribution in [1.29, 1.82) is 0 Å². The van der Waals surface area contributed by atoms with Crippen molar-refractivity contribution in [2.24, 2.45) is 10.7 Å². The van der Waals surface area contributed by atoms with E-state index < -0.39 is 17.5 Å². The van der Waals surface area contributed by atoms with Crippen molar-refractivity contribution in [3.63, 3.8) is 0 Å². The summed E-state index contributed by atoms with van der Waals surface area (Å²) >= 11 is 0. The number of nitrogens with one attached hydrogen (secondary N) is 1. The number of hydrogen-bond acceptors (Lipinski definition) is 4. The van der Waals surface area contributed by atoms with Gasteiger partial charge in [-0.2, -0.15) is 0 Å². The van der Waals surface area contributed by atoms with Crippen LogP contribution in [0.4, 0.5) is 0 Å². The van der Waals surface area contributed by atoms with Gasteiger partial charge in [0.25, 0.3) is 5.91 Å². The fourth-order valence-electron chi connectivity index (χ4n) is 0.983. The zero-order valence-corrected chi connectivity index (χ0v) is 10.3. The summed E-state index contributed by atoms with van der Waals surface area (Å²) in [6, 6.07) is -0.0165. The van der Waals surface area contributed by atoms with Gasteiger partial charge >= 0.3 is 5.97 Å². The van der Waals surface area contributed by atoms with E-state index >= 15 is 0 Å². The number of carbonyl (C=O) groups is 2. The fraction of sp³-hybridized carbons (Fsp3) is 0.700. The molecule has 0 unspecified atom stereocenters. The highest BCUT2D eigenvalue weighted by atomic mass is 16.6. The molecule has 0 saturated carbocycles. The molecular formula is C10H19N3O3. The maximum Gasteiger partial charge on any atom is 0.303 e. The molecule has 3 N–H and O–H groups in total. The maximum atomic E-state index is 11.6. The molecule has 0 rings (SSSR count). The maximum absolute atomic E-state index is 11.6. The minimum atomic E-state index is -1.26. The van der Waals surface area contributed by atoms with Crippen molar-refractivity contribution in [3.8, 4) is 0 Å². The minimum Gasteiger partial charge on any atom is -0.450 e. The van der Waals surface area contributed by atoms with Crippen LogP contribution in [-0.2, 0) is 14.3 Å². The molecule has 0 aromatic rings. The second-order valence-electron chi connectivity index (χ2n) is 4.17. The van der Waals surface area contributed by atoms with Crippen molar-refractivity contribution in [2.45, 2.75) is 46.3 Å². The van der Waals surface area contributed by atoms with Crippen LogP contribution >= 0.6 is 0 Å². The molecule has 0 heterocycles. The Balaban J connectivity index is 4.51. The van der Waals surface area contributed by atoms with E-state index in [4.69, 9.17) is 10.5 Å². The van der Waals surface area contributed by atoms with Gasteiger partial charge in [0, 0.05) is 13.0 Å². The molecule has 1 amide bonds. The van der Waals surface area contributed by atoms with Gasteiger partial charge in [0.15, 0.2) is 11.6 Å². The lowest BCUT2D eigenvalue weighted by atomic mass is 10.1. The van der Waals surface area contributed by atoms with Crippen LogP contribution in [0.1, 0.15) is 34.6 Å². The zero-order chi connectivity index (χ0) is 12.9. The fourth-order valence-corrected chi connectivity index (χ4v) is 0.983. The van der Waals surface area contributed by atoms with Gasteiger partial charge in [-0.3, -0.25) is 19.9 Å². The van der Waals surface area contributed by atoms with Crippen LogP contribution in [0, 0.1) is 0 Å². The lowest BCUT2D eigenvalue weighted by Gasteiger charge is -2.22. The molecule has 16 heavy (non-hydrogen) atoms. The van der Waals surface area contributed by atoms with Crippen LogP contribution in [0.2, 0.25) is 0 Å². The summed E-state index contributed by atoms with van der Waals surface area (Å²) in [4.78, 5) is 26.3. The van der Waals surface area contributed by atoms with Gasteiger partial charge < -0.3 is 10.5 Å². The summed E-state index contributed by atoms with van der Waals surface area (Å²) in [6.45, 7) is 7.85. The highest BCUT2D eigenvalue weighted by Gasteiger charge is 2.31. The number of ether oxygens (including phenoxy) is 1. The minimum absolute atomic E-state index is 0.0141. The van der Waals surface area contributed by atoms with Gasteiger partial charge in [-0.25, -0.2) is 0 Å². The molecule has 0 aromatic carbocycles. The molecule has 0 aromatic heterocycles. The SMILES string of the molecule is CC(=O)OC(C)(C)C(=O)NC(N)=NC(C)C. The van der Waals surface area contributed by atoms with E-state index in [0.717, 1.165) is 0 Å². The number of nitrogens with two attached hydrogens (primary N) is 1. The zero-order valence-electron chi connectivity index (χ0n) is 10.3. The average molecular weight is 229 g/mol. The average Bonchev–Trinajstić information content (AvgIpc) is 1.98. The van der Waals surface area contributed by atoms with Crippen LogP contribution in [0.5, 0.6) is 0 Å². The summed E-state index contributed by atoms with van der Waals surface area (Å²) in [7, 11) is 0. The summed E-state index contributed by atoms with van der Waals surface area (Å²) in [5, 5.41) is 2.37. The number of hydrogen-bond donors (Lipinski definition) is 2. The van der Waals surface area contributed by atoms with E-state index in [0.29, 0.717) is 0 Å². The molecule has 0 radical (unpaired) electrons. The number of esters is 1. The highest BCUT2D eigenvalue weighted by molar-refractivity contribution is 6.00. The predicted octanol–water partition coefficient (Wildman–Crippen LogP) is 0.167. The number of nitrogens with zero attached hydrogens (tertiary/aromatic N) is 1. The largest absolute Gasteiger partial charge is 0.450 e. The molecule has 6 heteroatoms. The first-order valence-corrected chi connectivity index (χ1v) is 4.99. The topological polar surface area (TPSA) is 93.8 Å². The Hall–Kier alpha value is -1.59. The van der Waals surface area contributed by atoms with E-state index in [1.165, 1.54) is 20.8 Å². The normalized spacial score (nSPS) is 12.5. The van der Waals surface area contributed by atoms with Crippen molar-refractivity contribution < 1.29 is 14.3 Å². The Morgan fingerprint density at radius 1 is 1.38 bits per heavy atom. The molecule has 0 aliphatic carbocycles. The summed E-state index contributed by atoms with van der Waals surface area (Å²) in [6.07, 6.45) is 0. The van der Waals surface area contributed by atoms with Gasteiger partial charge in [-0.15, -0.1) is 0 Å². The van der Waals surface area contributed by atoms with Gasteiger partial charge in [0.05, 0.1) is 0 Å². The Morgan fingerprint density at radius 2 is 1.88 bits per heavy atom. The van der Waals surface area contributed by atoms with E-state index in [9.17, 15) is 9.59 Å². The number of rotatable bonds is 3. The molecule has 0 fully saturated rings. The first-order chi connectivity index (χ1) is 7.15. The molecule has 0 aliphatic rings. The van der Waals surface area contributed by atoms with Crippen LogP contribution < -0.4 is 11.1 Å². The Kier molecular flexibility index (Phi) is 4.94. The van der Waals surface area contributed by atoms with Gasteiger partial charge in [0.2, 0.25) is 0 Å². The van der Waals surface area contributed by atoms with Crippen molar-refractivity contribution in [3.05, 3.63) is 0 Å². The van der Waals surface area contributed by atoms with E-state index in [2.05, 4.69) is 10.3 Å². The summed E-state index contributed by atoms with van der Waals surface area (Å²) < 4.78 is 4.84. The Labute approximate surface area is 95.2 Å². The van der Waals surface area contributed by atoms with Crippen LogP contribution in [0.3, 0.4) is 0 Å². The Bertz CT molecular complexity index is 308. The third-order valence-corrected chi connectivity index (χ3v) is 1.58. The van der Waals surface area contributed by atoms with E-state index in [-0.39, 0.29) is 12.0 Å². The van der Waals surface area contributed by atoms with Crippen LogP contribution in [0.25, 0.3) is 0 Å². The molecule has 0 aliphatic heterocycles. The highest BCUT2D eigenvalue weighted by Crippen LogP contribution is 2.09. The van der Waals surface area contributed by atoms with Crippen molar-refractivity contribution in [2.75, 3.05) is 0 Å². The predicted molar refractivity (Wildman–Crippen MR) is 60.7 cm³/mol. The third kappa shape index (κ3) is 5.33. The van der Waals surface area contributed by atoms with Crippen molar-refractivity contribution >= 4 is 17.8 Å². The van der Waals surface area contributed by atoms with E-state index in [1.54, 1.807) is 0 Å². The molecule has 0 saturated heterocycles. The van der Waals surface area contributed by atoms with E-state index in [1.807, 2.05) is 13.8 Å². The van der Waals surface area contributed by atoms with Gasteiger partial charge in [-0.05, 0) is 27.7 Å². The number of carbonyl (C=O) groups excluding carboxylic acids is 2. The number of guanidine groups is 1. The first-order valence-electron chi connectivity index (χ1n) is 4.99. The molecule has 92 valence electrons. The molecular weight excluding hydrogens is 210 g/mol. The van der Waals surface area contributed by atoms with Crippen LogP contribution in [0.15, 0.2) is 4.99 Å². The van der Waals surface area contributed by atoms with Gasteiger partial charge in [-0.1, -0.05) is 0 Å². The molecule has 0 bridgehead atoms. The smallest absolute Gasteiger partial charge is 0.303 e. The lowest BCUT2D eigenvalue weighted by molar-refractivity contribution is -0.162. The number of aliphatic imine (C=N–C) groups is 1. The second-order valence-corrected chi connectivity index (χ2v) is 4.17. The molecule has 0 atom stereocenters. The Morgan fingerprint density at radius 3 is 2.25 bits per heavy atom. The third-order valence-electron chi connectivity index (χ3n) is 1.58. The number of amides is 1. The van der Waals surface area contributed by atoms with Gasteiger partial charge in [0.1, 0.15) is 0 Å². The molecule has 6 nitrogen and oxygen atoms in total. The molecule has 0 spiro atoms. The standard InChI is InChI=1S/C10H19N3O3/c1-6(2)12-9(11)13-8(15)10(4,5)16-7(3)14/h6H,1-5H3,(H3,11,12,13,15). The van der Waals surface area contributed by atoms with Crippen LogP contribution in [-0.4, -0.2) is 29.5 Å². The quantitative estimate of drug-likeness (QED) is 0.409.